The molecule has 0 aromatic rings. The molecular weight excluding hydrogens is 372 g/mol. The highest BCUT2D eigenvalue weighted by Gasteiger charge is 2.48. The molecule has 2 aliphatic heterocycles. The molecule has 2 heterocycles. The van der Waals surface area contributed by atoms with Gasteiger partial charge in [-0.15, -0.1) is 0 Å². The Balaban J connectivity index is 0.00000190. The first-order chi connectivity index (χ1) is 13.3. The summed E-state index contributed by atoms with van der Waals surface area (Å²) in [6, 6.07) is 0. The van der Waals surface area contributed by atoms with Crippen molar-refractivity contribution in [3.63, 3.8) is 0 Å². The van der Waals surface area contributed by atoms with Gasteiger partial charge in [0.2, 0.25) is 6.29 Å². The van der Waals surface area contributed by atoms with Crippen molar-refractivity contribution in [2.24, 2.45) is 0 Å². The third-order valence-corrected chi connectivity index (χ3v) is 4.54. The molecule has 9 heteroatoms. The van der Waals surface area contributed by atoms with E-state index >= 15 is 0 Å². The van der Waals surface area contributed by atoms with Crippen LogP contribution in [0.5, 0.6) is 0 Å². The van der Waals surface area contributed by atoms with Gasteiger partial charge in [-0.1, -0.05) is 20.4 Å². The average Bonchev–Trinajstić information content (AvgIpc) is 2.70. The maximum Gasteiger partial charge on any atom is 0.229 e. The van der Waals surface area contributed by atoms with Gasteiger partial charge < -0.3 is 44.5 Å². The molecule has 0 bridgehead atoms. The van der Waals surface area contributed by atoms with Gasteiger partial charge in [-0.25, -0.2) is 0 Å². The van der Waals surface area contributed by atoms with Gasteiger partial charge in [-0.3, -0.25) is 0 Å². The molecule has 5 N–H and O–H groups in total. The smallest absolute Gasteiger partial charge is 0.229 e. The second-order valence-corrected chi connectivity index (χ2v) is 6.40. The van der Waals surface area contributed by atoms with Crippen molar-refractivity contribution in [3.05, 3.63) is 24.5 Å². The van der Waals surface area contributed by atoms with Crippen molar-refractivity contribution in [2.45, 2.75) is 89.4 Å². The number of hydrogen-bond donors (Lipinski definition) is 5. The quantitative estimate of drug-likeness (QED) is 0.300. The molecule has 9 atom stereocenters. The summed E-state index contributed by atoms with van der Waals surface area (Å²) in [5.41, 5.74) is 0. The molecule has 0 spiro atoms. The predicted octanol–water partition coefficient (Wildman–Crippen LogP) is -0.200. The van der Waals surface area contributed by atoms with Crippen LogP contribution < -0.4 is 0 Å². The minimum absolute atomic E-state index is 0.0393. The normalized spacial score (nSPS) is 41.6. The minimum Gasteiger partial charge on any atom is -0.462 e. The summed E-state index contributed by atoms with van der Waals surface area (Å²) in [6.45, 7) is 10.4. The number of allylic oxidation sites excluding steroid dienone is 2. The number of aliphatic hydroxyl groups is 5. The van der Waals surface area contributed by atoms with Crippen LogP contribution in [0.4, 0.5) is 0 Å². The van der Waals surface area contributed by atoms with E-state index in [4.69, 9.17) is 18.9 Å². The molecule has 2 saturated heterocycles. The number of hydrogen-bond acceptors (Lipinski definition) is 9. The molecule has 0 aromatic heterocycles. The topological polar surface area (TPSA) is 138 Å². The van der Waals surface area contributed by atoms with E-state index in [2.05, 4.69) is 6.58 Å². The Bertz CT molecular complexity index is 496. The fraction of sp³-hybridized carbons (Fsp3) is 0.789. The molecule has 2 fully saturated rings. The molecule has 0 saturated carbocycles. The number of ether oxygens (including phenoxy) is 4. The molecule has 28 heavy (non-hydrogen) atoms. The highest BCUT2D eigenvalue weighted by atomic mass is 16.7. The summed E-state index contributed by atoms with van der Waals surface area (Å²) in [6.07, 6.45) is -7.01. The zero-order valence-corrected chi connectivity index (χ0v) is 16.8. The van der Waals surface area contributed by atoms with Crippen LogP contribution in [0.3, 0.4) is 0 Å². The summed E-state index contributed by atoms with van der Waals surface area (Å²) in [4.78, 5) is 0. The fourth-order valence-electron chi connectivity index (χ4n) is 2.91. The molecular formula is C19H34O9. The minimum atomic E-state index is -1.47. The molecule has 0 aliphatic carbocycles. The first-order valence-corrected chi connectivity index (χ1v) is 9.57. The van der Waals surface area contributed by atoms with Crippen LogP contribution >= 0.6 is 0 Å². The third kappa shape index (κ3) is 5.98. The Labute approximate surface area is 165 Å². The van der Waals surface area contributed by atoms with Crippen LogP contribution in [0.15, 0.2) is 24.5 Å². The van der Waals surface area contributed by atoms with Crippen LogP contribution in [-0.4, -0.2) is 87.4 Å². The molecule has 0 aromatic carbocycles. The maximum absolute atomic E-state index is 10.4. The van der Waals surface area contributed by atoms with Gasteiger partial charge in [0.15, 0.2) is 6.29 Å². The van der Waals surface area contributed by atoms with E-state index < -0.39 is 61.9 Å². The molecule has 2 rings (SSSR count). The number of aliphatic hydroxyl groups excluding tert-OH is 5. The van der Waals surface area contributed by atoms with Gasteiger partial charge in [0.05, 0.1) is 18.8 Å². The lowest BCUT2D eigenvalue weighted by Gasteiger charge is -2.44. The summed E-state index contributed by atoms with van der Waals surface area (Å²) in [7, 11) is 0. The number of rotatable bonds is 6. The van der Waals surface area contributed by atoms with Gasteiger partial charge in [-0.05, 0) is 26.0 Å². The average molecular weight is 406 g/mol. The van der Waals surface area contributed by atoms with E-state index in [1.165, 1.54) is 6.08 Å². The summed E-state index contributed by atoms with van der Waals surface area (Å²) < 4.78 is 21.9. The lowest BCUT2D eigenvalue weighted by atomic mass is 9.98. The second-order valence-electron chi connectivity index (χ2n) is 6.40. The van der Waals surface area contributed by atoms with Crippen molar-refractivity contribution in [3.8, 4) is 0 Å². The molecule has 9 nitrogen and oxygen atoms in total. The molecule has 0 radical (unpaired) electrons. The van der Waals surface area contributed by atoms with Gasteiger partial charge in [0.1, 0.15) is 36.3 Å². The zero-order valence-electron chi connectivity index (χ0n) is 16.8. The van der Waals surface area contributed by atoms with Crippen molar-refractivity contribution >= 4 is 0 Å². The highest BCUT2D eigenvalue weighted by Crippen LogP contribution is 2.29. The lowest BCUT2D eigenvalue weighted by Crippen LogP contribution is -2.62. The van der Waals surface area contributed by atoms with E-state index in [1.807, 2.05) is 13.8 Å². The fourth-order valence-corrected chi connectivity index (χ4v) is 2.91. The van der Waals surface area contributed by atoms with Gasteiger partial charge in [-0.2, -0.15) is 0 Å². The van der Waals surface area contributed by atoms with Crippen molar-refractivity contribution in [1.82, 2.24) is 0 Å². The molecule has 2 aliphatic rings. The van der Waals surface area contributed by atoms with Crippen LogP contribution in [0, 0.1) is 0 Å². The van der Waals surface area contributed by atoms with Crippen LogP contribution in [-0.2, 0) is 18.9 Å². The molecule has 164 valence electrons. The Morgan fingerprint density at radius 3 is 2.25 bits per heavy atom. The maximum atomic E-state index is 10.4. The highest BCUT2D eigenvalue weighted by molar-refractivity contribution is 5.08. The predicted molar refractivity (Wildman–Crippen MR) is 100.0 cm³/mol. The standard InChI is InChI=1S/C17H28O9.C2H6/c1-4-9(5-2)24-17-14(22)13(21)15(12(7-18)25-17)26-16-11(20)6-10(19)8(3)23-16;1-2/h4-5,8,10-22H,1,6-7H2,2-3H3;1-2H3/b9-5+;. The van der Waals surface area contributed by atoms with E-state index in [-0.39, 0.29) is 6.42 Å². The zero-order chi connectivity index (χ0) is 21.4. The first-order valence-electron chi connectivity index (χ1n) is 9.57. The Morgan fingerprint density at radius 2 is 1.71 bits per heavy atom. The van der Waals surface area contributed by atoms with Crippen molar-refractivity contribution in [1.29, 1.82) is 0 Å². The van der Waals surface area contributed by atoms with Gasteiger partial charge >= 0.3 is 0 Å². The monoisotopic (exact) mass is 406 g/mol. The van der Waals surface area contributed by atoms with Crippen molar-refractivity contribution < 1.29 is 44.5 Å². The van der Waals surface area contributed by atoms with Crippen LogP contribution in [0.1, 0.15) is 34.1 Å². The van der Waals surface area contributed by atoms with Crippen molar-refractivity contribution in [2.75, 3.05) is 6.61 Å². The Kier molecular flexibility index (Phi) is 10.6. The summed E-state index contributed by atoms with van der Waals surface area (Å²) in [5, 5.41) is 50.0. The molecule has 0 amide bonds. The first kappa shape index (κ1) is 25.0. The Hall–Kier alpha value is -1.04. The van der Waals surface area contributed by atoms with Crippen LogP contribution in [0.25, 0.3) is 0 Å². The SMILES string of the molecule is C=C/C(=C\C)OC1OC(CO)C(OC2OC(C)C(O)CC2O)C(O)C1O.CC. The largest absolute Gasteiger partial charge is 0.462 e. The lowest BCUT2D eigenvalue weighted by molar-refractivity contribution is -0.342. The van der Waals surface area contributed by atoms with Gasteiger partial charge in [0, 0.05) is 6.42 Å². The van der Waals surface area contributed by atoms with E-state index in [0.29, 0.717) is 5.76 Å². The summed E-state index contributed by atoms with van der Waals surface area (Å²) in [5.74, 6) is 0.339. The Morgan fingerprint density at radius 1 is 1.07 bits per heavy atom. The molecule has 9 unspecified atom stereocenters. The van der Waals surface area contributed by atoms with E-state index in [0.717, 1.165) is 0 Å². The summed E-state index contributed by atoms with van der Waals surface area (Å²) >= 11 is 0. The third-order valence-electron chi connectivity index (χ3n) is 4.54. The second kappa shape index (κ2) is 11.8. The van der Waals surface area contributed by atoms with E-state index in [1.54, 1.807) is 19.9 Å². The van der Waals surface area contributed by atoms with E-state index in [9.17, 15) is 25.5 Å². The van der Waals surface area contributed by atoms with Crippen LogP contribution in [0.2, 0.25) is 0 Å². The van der Waals surface area contributed by atoms with Gasteiger partial charge in [0.25, 0.3) is 0 Å².